The molecule has 0 bridgehead atoms. The molecule has 1 aromatic heterocycles. The van der Waals surface area contributed by atoms with Crippen LogP contribution in [0.15, 0.2) is 48.5 Å². The van der Waals surface area contributed by atoms with E-state index in [1.165, 1.54) is 16.8 Å². The summed E-state index contributed by atoms with van der Waals surface area (Å²) in [5.74, 6) is -0.00443. The fourth-order valence-corrected chi connectivity index (χ4v) is 4.71. The van der Waals surface area contributed by atoms with Gasteiger partial charge in [-0.2, -0.15) is 5.10 Å². The molecular weight excluding hydrogens is 424 g/mol. The molecule has 0 saturated carbocycles. The Kier molecular flexibility index (Phi) is 5.66. The van der Waals surface area contributed by atoms with Crippen molar-refractivity contribution in [2.75, 3.05) is 31.1 Å². The summed E-state index contributed by atoms with van der Waals surface area (Å²) in [7, 11) is 0. The monoisotopic (exact) mass is 450 g/mol. The lowest BCUT2D eigenvalue weighted by Crippen LogP contribution is -2.49. The molecule has 1 atom stereocenters. The van der Waals surface area contributed by atoms with E-state index in [1.807, 2.05) is 39.9 Å². The summed E-state index contributed by atoms with van der Waals surface area (Å²) in [5.41, 5.74) is 6.30. The molecule has 0 spiro atoms. The number of rotatable bonds is 3. The molecule has 32 heavy (non-hydrogen) atoms. The first-order valence-corrected chi connectivity index (χ1v) is 11.4. The number of anilines is 1. The molecule has 3 heterocycles. The summed E-state index contributed by atoms with van der Waals surface area (Å²) in [6, 6.07) is 16.1. The molecule has 7 heteroatoms. The molecule has 1 fully saturated rings. The van der Waals surface area contributed by atoms with E-state index >= 15 is 0 Å². The van der Waals surface area contributed by atoms with E-state index in [0.29, 0.717) is 37.0 Å². The maximum atomic E-state index is 13.1. The molecule has 2 aliphatic rings. The predicted octanol–water partition coefficient (Wildman–Crippen LogP) is 4.39. The fourth-order valence-electron chi connectivity index (χ4n) is 4.58. The second kappa shape index (κ2) is 8.60. The van der Waals surface area contributed by atoms with Crippen LogP contribution in [0.2, 0.25) is 5.02 Å². The quantitative estimate of drug-likeness (QED) is 0.594. The average Bonchev–Trinajstić information content (AvgIpc) is 3.23. The van der Waals surface area contributed by atoms with Gasteiger partial charge < -0.3 is 14.5 Å². The first-order chi connectivity index (χ1) is 15.5. The lowest BCUT2D eigenvalue weighted by Gasteiger charge is -2.36. The lowest BCUT2D eigenvalue weighted by atomic mass is 10.1. The van der Waals surface area contributed by atoms with Crippen LogP contribution >= 0.6 is 11.6 Å². The van der Waals surface area contributed by atoms with Crippen LogP contribution in [0.25, 0.3) is 0 Å². The van der Waals surface area contributed by atoms with Gasteiger partial charge in [-0.15, -0.1) is 0 Å². The SMILES string of the molecule is Cc1ccc(N2CCN(C(=O)c3cc4n(n3)C[C@H](c3ccc(Cl)cc3)OC4)CC2)c(C)c1. The minimum absolute atomic E-state index is 0.00443. The molecule has 0 radical (unpaired) electrons. The highest BCUT2D eigenvalue weighted by molar-refractivity contribution is 6.30. The first-order valence-electron chi connectivity index (χ1n) is 11.0. The zero-order valence-corrected chi connectivity index (χ0v) is 19.2. The van der Waals surface area contributed by atoms with Gasteiger partial charge in [0, 0.05) is 36.9 Å². The van der Waals surface area contributed by atoms with E-state index in [0.717, 1.165) is 24.3 Å². The Hall–Kier alpha value is -2.83. The number of piperazine rings is 1. The van der Waals surface area contributed by atoms with Gasteiger partial charge in [0.2, 0.25) is 0 Å². The van der Waals surface area contributed by atoms with Gasteiger partial charge in [-0.1, -0.05) is 41.4 Å². The maximum absolute atomic E-state index is 13.1. The normalized spacial score (nSPS) is 18.5. The van der Waals surface area contributed by atoms with Crippen molar-refractivity contribution in [3.8, 4) is 0 Å². The highest BCUT2D eigenvalue weighted by atomic mass is 35.5. The van der Waals surface area contributed by atoms with Gasteiger partial charge in [-0.25, -0.2) is 0 Å². The van der Waals surface area contributed by atoms with Gasteiger partial charge in [0.15, 0.2) is 5.69 Å². The van der Waals surface area contributed by atoms with Crippen molar-refractivity contribution in [3.63, 3.8) is 0 Å². The second-order valence-corrected chi connectivity index (χ2v) is 9.06. The van der Waals surface area contributed by atoms with E-state index in [-0.39, 0.29) is 12.0 Å². The van der Waals surface area contributed by atoms with E-state index in [1.54, 1.807) is 0 Å². The number of carbonyl (C=O) groups is 1. The van der Waals surface area contributed by atoms with E-state index in [9.17, 15) is 4.79 Å². The zero-order valence-electron chi connectivity index (χ0n) is 18.4. The Balaban J connectivity index is 1.24. The molecule has 6 nitrogen and oxygen atoms in total. The van der Waals surface area contributed by atoms with Crippen molar-refractivity contribution in [1.29, 1.82) is 0 Å². The molecule has 3 aromatic rings. The van der Waals surface area contributed by atoms with Crippen LogP contribution < -0.4 is 4.90 Å². The lowest BCUT2D eigenvalue weighted by molar-refractivity contribution is -0.00121. The number of aromatic nitrogens is 2. The van der Waals surface area contributed by atoms with Gasteiger partial charge >= 0.3 is 0 Å². The van der Waals surface area contributed by atoms with Gasteiger partial charge in [0.25, 0.3) is 5.91 Å². The zero-order chi connectivity index (χ0) is 22.2. The summed E-state index contributed by atoms with van der Waals surface area (Å²) in [6.45, 7) is 8.32. The van der Waals surface area contributed by atoms with Crippen LogP contribution in [0.1, 0.15) is 39.0 Å². The Morgan fingerprint density at radius 1 is 1.03 bits per heavy atom. The number of benzene rings is 2. The third kappa shape index (κ3) is 4.12. The van der Waals surface area contributed by atoms with Crippen LogP contribution in [-0.4, -0.2) is 46.8 Å². The maximum Gasteiger partial charge on any atom is 0.274 e. The highest BCUT2D eigenvalue weighted by Crippen LogP contribution is 2.28. The smallest absolute Gasteiger partial charge is 0.274 e. The van der Waals surface area contributed by atoms with Crippen LogP contribution in [0.4, 0.5) is 5.69 Å². The number of hydrogen-bond donors (Lipinski definition) is 0. The topological polar surface area (TPSA) is 50.6 Å². The molecule has 166 valence electrons. The fraction of sp³-hybridized carbons (Fsp3) is 0.360. The number of amides is 1. The van der Waals surface area contributed by atoms with E-state index < -0.39 is 0 Å². The number of fused-ring (bicyclic) bond motifs is 1. The highest BCUT2D eigenvalue weighted by Gasteiger charge is 2.28. The van der Waals surface area contributed by atoms with Crippen molar-refractivity contribution in [1.82, 2.24) is 14.7 Å². The molecule has 1 amide bonds. The second-order valence-electron chi connectivity index (χ2n) is 8.62. The van der Waals surface area contributed by atoms with Gasteiger partial charge in [-0.05, 0) is 49.2 Å². The van der Waals surface area contributed by atoms with Crippen LogP contribution in [0.5, 0.6) is 0 Å². The molecule has 0 N–H and O–H groups in total. The number of aryl methyl sites for hydroxylation is 2. The van der Waals surface area contributed by atoms with Crippen molar-refractivity contribution < 1.29 is 9.53 Å². The molecular formula is C25H27ClN4O2. The van der Waals surface area contributed by atoms with E-state index in [2.05, 4.69) is 42.0 Å². The molecule has 0 aliphatic carbocycles. The number of ether oxygens (including phenoxy) is 1. The Bertz CT molecular complexity index is 1130. The molecule has 0 unspecified atom stereocenters. The molecule has 1 saturated heterocycles. The minimum atomic E-state index is -0.0936. The number of nitrogens with zero attached hydrogens (tertiary/aromatic N) is 4. The summed E-state index contributed by atoms with van der Waals surface area (Å²) in [5, 5.41) is 5.33. The van der Waals surface area contributed by atoms with Crippen LogP contribution in [0.3, 0.4) is 0 Å². The summed E-state index contributed by atoms with van der Waals surface area (Å²) in [4.78, 5) is 17.4. The average molecular weight is 451 g/mol. The summed E-state index contributed by atoms with van der Waals surface area (Å²) >= 11 is 6.00. The first kappa shape index (κ1) is 21.0. The third-order valence-corrected chi connectivity index (χ3v) is 6.61. The predicted molar refractivity (Wildman–Crippen MR) is 125 cm³/mol. The van der Waals surface area contributed by atoms with Crippen molar-refractivity contribution >= 4 is 23.2 Å². The molecule has 2 aliphatic heterocycles. The van der Waals surface area contributed by atoms with Crippen molar-refractivity contribution in [2.45, 2.75) is 33.1 Å². The van der Waals surface area contributed by atoms with Crippen molar-refractivity contribution in [2.24, 2.45) is 0 Å². The number of hydrogen-bond acceptors (Lipinski definition) is 4. The van der Waals surface area contributed by atoms with Gasteiger partial charge in [0.1, 0.15) is 6.10 Å². The Morgan fingerprint density at radius 3 is 2.50 bits per heavy atom. The number of halogens is 1. The Labute approximate surface area is 193 Å². The molecule has 5 rings (SSSR count). The number of carbonyl (C=O) groups excluding carboxylic acids is 1. The minimum Gasteiger partial charge on any atom is -0.368 e. The van der Waals surface area contributed by atoms with Crippen LogP contribution in [0, 0.1) is 13.8 Å². The van der Waals surface area contributed by atoms with Gasteiger partial charge in [-0.3, -0.25) is 9.48 Å². The largest absolute Gasteiger partial charge is 0.368 e. The summed E-state index contributed by atoms with van der Waals surface area (Å²) < 4.78 is 7.92. The third-order valence-electron chi connectivity index (χ3n) is 6.36. The Morgan fingerprint density at radius 2 is 1.78 bits per heavy atom. The molecule has 2 aromatic carbocycles. The van der Waals surface area contributed by atoms with E-state index in [4.69, 9.17) is 16.3 Å². The van der Waals surface area contributed by atoms with Crippen LogP contribution in [-0.2, 0) is 17.9 Å². The summed E-state index contributed by atoms with van der Waals surface area (Å²) in [6.07, 6.45) is -0.0936. The van der Waals surface area contributed by atoms with Gasteiger partial charge in [0.05, 0.1) is 18.8 Å². The van der Waals surface area contributed by atoms with Crippen molar-refractivity contribution in [3.05, 3.63) is 81.6 Å². The standard InChI is InChI=1S/C25H27ClN4O2/c1-17-3-8-23(18(2)13-17)28-9-11-29(12-10-28)25(31)22-14-21-16-32-24(15-30(21)27-22)19-4-6-20(26)7-5-19/h3-8,13-14,24H,9-12,15-16H2,1-2H3/t24-/m1/s1.